The van der Waals surface area contributed by atoms with Crippen molar-refractivity contribution in [1.29, 1.82) is 0 Å². The molecular weight excluding hydrogens is 362 g/mol. The summed E-state index contributed by atoms with van der Waals surface area (Å²) < 4.78 is 5.75. The SMILES string of the molecule is Cc1cccc(OCC(=O)N2CCN(CCc3ccncc3)CC2)c1C.Cl. The highest BCUT2D eigenvalue weighted by Gasteiger charge is 2.21. The molecule has 1 aromatic carbocycles. The van der Waals surface area contributed by atoms with Gasteiger partial charge in [-0.3, -0.25) is 14.7 Å². The van der Waals surface area contributed by atoms with E-state index >= 15 is 0 Å². The van der Waals surface area contributed by atoms with Gasteiger partial charge in [0.2, 0.25) is 0 Å². The molecule has 0 bridgehead atoms. The Morgan fingerprint density at radius 3 is 2.48 bits per heavy atom. The molecule has 6 heteroatoms. The summed E-state index contributed by atoms with van der Waals surface area (Å²) in [6, 6.07) is 10.1. The van der Waals surface area contributed by atoms with Gasteiger partial charge in [0.15, 0.2) is 6.61 Å². The van der Waals surface area contributed by atoms with E-state index in [1.165, 1.54) is 11.1 Å². The van der Waals surface area contributed by atoms with E-state index in [0.717, 1.165) is 50.5 Å². The lowest BCUT2D eigenvalue weighted by atomic mass is 10.1. The molecule has 0 saturated carbocycles. The zero-order valence-corrected chi connectivity index (χ0v) is 16.9. The number of ether oxygens (including phenoxy) is 1. The lowest BCUT2D eigenvalue weighted by molar-refractivity contribution is -0.135. The third kappa shape index (κ3) is 5.94. The standard InChI is InChI=1S/C21H27N3O2.ClH/c1-17-4-3-5-20(18(17)2)26-16-21(25)24-14-12-23(13-15-24)11-8-19-6-9-22-10-7-19;/h3-7,9-10H,8,11-16H2,1-2H3;1H. The van der Waals surface area contributed by atoms with Crippen molar-refractivity contribution in [3.05, 3.63) is 59.4 Å². The van der Waals surface area contributed by atoms with Crippen LogP contribution in [0.25, 0.3) is 0 Å². The molecule has 0 N–H and O–H groups in total. The van der Waals surface area contributed by atoms with Gasteiger partial charge in [-0.15, -0.1) is 12.4 Å². The first-order chi connectivity index (χ1) is 12.6. The van der Waals surface area contributed by atoms with Crippen LogP contribution in [-0.4, -0.2) is 60.0 Å². The summed E-state index contributed by atoms with van der Waals surface area (Å²) >= 11 is 0. The fourth-order valence-corrected chi connectivity index (χ4v) is 3.17. The maximum Gasteiger partial charge on any atom is 0.260 e. The zero-order valence-electron chi connectivity index (χ0n) is 16.1. The van der Waals surface area contributed by atoms with Crippen LogP contribution in [0.15, 0.2) is 42.7 Å². The largest absolute Gasteiger partial charge is 0.483 e. The molecular formula is C21H28ClN3O2. The van der Waals surface area contributed by atoms with Crippen LogP contribution in [0.5, 0.6) is 5.75 Å². The molecule has 146 valence electrons. The summed E-state index contributed by atoms with van der Waals surface area (Å²) in [5, 5.41) is 0. The second-order valence-electron chi connectivity index (χ2n) is 6.81. The van der Waals surface area contributed by atoms with Crippen LogP contribution in [-0.2, 0) is 11.2 Å². The normalized spacial score (nSPS) is 14.5. The molecule has 2 heterocycles. The Morgan fingerprint density at radius 2 is 1.78 bits per heavy atom. The van der Waals surface area contributed by atoms with Crippen molar-refractivity contribution in [3.63, 3.8) is 0 Å². The molecule has 1 aromatic heterocycles. The molecule has 1 saturated heterocycles. The molecule has 0 atom stereocenters. The molecule has 0 spiro atoms. The van der Waals surface area contributed by atoms with Gasteiger partial charge in [-0.05, 0) is 55.2 Å². The number of hydrogen-bond donors (Lipinski definition) is 0. The third-order valence-corrected chi connectivity index (χ3v) is 5.10. The number of hydrogen-bond acceptors (Lipinski definition) is 4. The van der Waals surface area contributed by atoms with Gasteiger partial charge in [0.1, 0.15) is 5.75 Å². The van der Waals surface area contributed by atoms with Crippen LogP contribution in [0, 0.1) is 13.8 Å². The van der Waals surface area contributed by atoms with Gasteiger partial charge in [0.25, 0.3) is 5.91 Å². The molecule has 5 nitrogen and oxygen atoms in total. The van der Waals surface area contributed by atoms with E-state index in [4.69, 9.17) is 4.74 Å². The number of amides is 1. The van der Waals surface area contributed by atoms with Crippen LogP contribution < -0.4 is 4.74 Å². The minimum atomic E-state index is 0. The highest BCUT2D eigenvalue weighted by atomic mass is 35.5. The number of carbonyl (C=O) groups excluding carboxylic acids is 1. The predicted molar refractivity (Wildman–Crippen MR) is 110 cm³/mol. The second-order valence-corrected chi connectivity index (χ2v) is 6.81. The highest BCUT2D eigenvalue weighted by molar-refractivity contribution is 5.85. The Hall–Kier alpha value is -2.11. The molecule has 0 aliphatic carbocycles. The van der Waals surface area contributed by atoms with E-state index < -0.39 is 0 Å². The average Bonchev–Trinajstić information content (AvgIpc) is 2.68. The molecule has 1 fully saturated rings. The van der Waals surface area contributed by atoms with Crippen molar-refractivity contribution in [2.24, 2.45) is 0 Å². The maximum absolute atomic E-state index is 12.4. The molecule has 0 unspecified atom stereocenters. The summed E-state index contributed by atoms with van der Waals surface area (Å²) in [5.41, 5.74) is 3.58. The summed E-state index contributed by atoms with van der Waals surface area (Å²) in [4.78, 5) is 20.8. The number of pyridine rings is 1. The minimum absolute atomic E-state index is 0. The van der Waals surface area contributed by atoms with Gasteiger partial charge < -0.3 is 9.64 Å². The van der Waals surface area contributed by atoms with Crippen LogP contribution in [0.1, 0.15) is 16.7 Å². The number of aromatic nitrogens is 1. The van der Waals surface area contributed by atoms with Crippen molar-refractivity contribution >= 4 is 18.3 Å². The number of rotatable bonds is 6. The first kappa shape index (κ1) is 21.2. The van der Waals surface area contributed by atoms with E-state index in [9.17, 15) is 4.79 Å². The van der Waals surface area contributed by atoms with E-state index in [2.05, 4.69) is 35.0 Å². The summed E-state index contributed by atoms with van der Waals surface area (Å²) in [6.07, 6.45) is 4.69. The third-order valence-electron chi connectivity index (χ3n) is 5.10. The first-order valence-electron chi connectivity index (χ1n) is 9.21. The fourth-order valence-electron chi connectivity index (χ4n) is 3.17. The number of halogens is 1. The molecule has 2 aromatic rings. The molecule has 3 rings (SSSR count). The monoisotopic (exact) mass is 389 g/mol. The van der Waals surface area contributed by atoms with Crippen molar-refractivity contribution in [1.82, 2.24) is 14.8 Å². The van der Waals surface area contributed by atoms with Gasteiger partial charge >= 0.3 is 0 Å². The fraction of sp³-hybridized carbons (Fsp3) is 0.429. The topological polar surface area (TPSA) is 45.7 Å². The first-order valence-corrected chi connectivity index (χ1v) is 9.21. The van der Waals surface area contributed by atoms with Crippen molar-refractivity contribution in [3.8, 4) is 5.75 Å². The lowest BCUT2D eigenvalue weighted by Crippen LogP contribution is -2.50. The van der Waals surface area contributed by atoms with Gasteiger partial charge in [-0.2, -0.15) is 0 Å². The summed E-state index contributed by atoms with van der Waals surface area (Å²) in [5.74, 6) is 0.869. The summed E-state index contributed by atoms with van der Waals surface area (Å²) in [7, 11) is 0. The number of carbonyl (C=O) groups is 1. The number of nitrogens with zero attached hydrogens (tertiary/aromatic N) is 3. The average molecular weight is 390 g/mol. The molecule has 1 aliphatic rings. The van der Waals surface area contributed by atoms with Crippen LogP contribution in [0.2, 0.25) is 0 Å². The lowest BCUT2D eigenvalue weighted by Gasteiger charge is -2.34. The zero-order chi connectivity index (χ0) is 18.4. The molecule has 1 aliphatic heterocycles. The quantitative estimate of drug-likeness (QED) is 0.762. The Labute approximate surface area is 167 Å². The number of aryl methyl sites for hydroxylation is 1. The molecule has 27 heavy (non-hydrogen) atoms. The van der Waals surface area contributed by atoms with Crippen molar-refractivity contribution in [2.75, 3.05) is 39.3 Å². The van der Waals surface area contributed by atoms with Gasteiger partial charge in [-0.25, -0.2) is 0 Å². The maximum atomic E-state index is 12.4. The van der Waals surface area contributed by atoms with Crippen molar-refractivity contribution in [2.45, 2.75) is 20.3 Å². The smallest absolute Gasteiger partial charge is 0.260 e. The van der Waals surface area contributed by atoms with Crippen LogP contribution in [0.3, 0.4) is 0 Å². The van der Waals surface area contributed by atoms with Crippen LogP contribution in [0.4, 0.5) is 0 Å². The number of piperazine rings is 1. The Kier molecular flexibility index (Phi) is 8.07. The van der Waals surface area contributed by atoms with E-state index in [0.29, 0.717) is 0 Å². The van der Waals surface area contributed by atoms with E-state index in [1.54, 1.807) is 0 Å². The van der Waals surface area contributed by atoms with Gasteiger partial charge in [0.05, 0.1) is 0 Å². The molecule has 1 amide bonds. The van der Waals surface area contributed by atoms with Gasteiger partial charge in [0, 0.05) is 45.1 Å². The van der Waals surface area contributed by atoms with E-state index in [1.807, 2.05) is 36.4 Å². The Balaban J connectivity index is 0.00000261. The van der Waals surface area contributed by atoms with Gasteiger partial charge in [-0.1, -0.05) is 12.1 Å². The van der Waals surface area contributed by atoms with Crippen molar-refractivity contribution < 1.29 is 9.53 Å². The van der Waals surface area contributed by atoms with E-state index in [-0.39, 0.29) is 24.9 Å². The second kappa shape index (κ2) is 10.3. The predicted octanol–water partition coefficient (Wildman–Crippen LogP) is 2.89. The summed E-state index contributed by atoms with van der Waals surface area (Å²) in [6.45, 7) is 8.58. The number of benzene rings is 1. The Morgan fingerprint density at radius 1 is 1.07 bits per heavy atom. The Bertz CT molecular complexity index is 731. The minimum Gasteiger partial charge on any atom is -0.483 e. The van der Waals surface area contributed by atoms with Crippen LogP contribution >= 0.6 is 12.4 Å². The highest BCUT2D eigenvalue weighted by Crippen LogP contribution is 2.20. The molecule has 0 radical (unpaired) electrons.